The highest BCUT2D eigenvalue weighted by Gasteiger charge is 2.10. The normalized spacial score (nSPS) is 10.4. The maximum Gasteiger partial charge on any atom is 0.340 e. The van der Waals surface area contributed by atoms with Crippen molar-refractivity contribution in [3.8, 4) is 0 Å². The Bertz CT molecular complexity index is 403. The summed E-state index contributed by atoms with van der Waals surface area (Å²) in [7, 11) is 1.35. The number of esters is 1. The average Bonchev–Trinajstić information content (AvgIpc) is 2.35. The quantitative estimate of drug-likeness (QED) is 0.463. The fourth-order valence-electron chi connectivity index (χ4n) is 1.70. The first-order valence-electron chi connectivity index (χ1n) is 6.26. The molecule has 0 aliphatic carbocycles. The van der Waals surface area contributed by atoms with Gasteiger partial charge in [-0.15, -0.1) is 0 Å². The van der Waals surface area contributed by atoms with Crippen LogP contribution in [0.5, 0.6) is 0 Å². The Kier molecular flexibility index (Phi) is 5.49. The van der Waals surface area contributed by atoms with E-state index in [1.54, 1.807) is 12.1 Å². The molecule has 0 spiro atoms. The van der Waals surface area contributed by atoms with Crippen molar-refractivity contribution in [3.63, 3.8) is 0 Å². The summed E-state index contributed by atoms with van der Waals surface area (Å²) in [4.78, 5) is 11.5. The van der Waals surface area contributed by atoms with Crippen molar-refractivity contribution in [3.05, 3.63) is 23.8 Å². The van der Waals surface area contributed by atoms with Crippen LogP contribution in [0.1, 0.15) is 37.0 Å². The number of benzene rings is 1. The highest BCUT2D eigenvalue weighted by atomic mass is 16.5. The molecule has 0 saturated carbocycles. The molecule has 1 aromatic rings. The third-order valence-electron chi connectivity index (χ3n) is 2.75. The number of carbonyl (C=O) groups excluding carboxylic acids is 1. The zero-order chi connectivity index (χ0) is 13.5. The minimum Gasteiger partial charge on any atom is -0.465 e. The fraction of sp³-hybridized carbons (Fsp3) is 0.500. The van der Waals surface area contributed by atoms with Crippen LogP contribution in [0.15, 0.2) is 18.2 Å². The number of anilines is 2. The van der Waals surface area contributed by atoms with Crippen LogP contribution < -0.4 is 11.1 Å². The Morgan fingerprint density at radius 2 is 2.17 bits per heavy atom. The van der Waals surface area contributed by atoms with Gasteiger partial charge in [-0.25, -0.2) is 4.79 Å². The molecule has 0 radical (unpaired) electrons. The summed E-state index contributed by atoms with van der Waals surface area (Å²) in [6, 6.07) is 5.32. The van der Waals surface area contributed by atoms with Gasteiger partial charge >= 0.3 is 5.97 Å². The molecule has 0 saturated heterocycles. The predicted octanol–water partition coefficient (Wildman–Crippen LogP) is 2.90. The Labute approximate surface area is 109 Å². The van der Waals surface area contributed by atoms with Gasteiger partial charge in [0.05, 0.1) is 12.7 Å². The molecular weight excluding hydrogens is 228 g/mol. The molecule has 0 aromatic heterocycles. The van der Waals surface area contributed by atoms with Crippen molar-refractivity contribution in [2.45, 2.75) is 26.7 Å². The van der Waals surface area contributed by atoms with Gasteiger partial charge in [-0.2, -0.15) is 0 Å². The Hall–Kier alpha value is -1.71. The summed E-state index contributed by atoms with van der Waals surface area (Å²) in [5, 5.41) is 3.28. The van der Waals surface area contributed by atoms with Crippen LogP contribution in [0, 0.1) is 5.92 Å². The minimum atomic E-state index is -0.404. The number of hydrogen-bond acceptors (Lipinski definition) is 4. The molecule has 0 heterocycles. The molecular formula is C14H22N2O2. The second-order valence-electron chi connectivity index (χ2n) is 4.76. The van der Waals surface area contributed by atoms with Crippen molar-refractivity contribution >= 4 is 17.3 Å². The maximum atomic E-state index is 11.5. The second kappa shape index (κ2) is 6.89. The van der Waals surface area contributed by atoms with Crippen LogP contribution in [0.4, 0.5) is 11.4 Å². The minimum absolute atomic E-state index is 0.404. The van der Waals surface area contributed by atoms with E-state index < -0.39 is 5.97 Å². The number of nitrogen functional groups attached to an aromatic ring is 1. The van der Waals surface area contributed by atoms with E-state index in [1.807, 2.05) is 6.07 Å². The van der Waals surface area contributed by atoms with Gasteiger partial charge < -0.3 is 15.8 Å². The van der Waals surface area contributed by atoms with Gasteiger partial charge in [0.1, 0.15) is 0 Å². The second-order valence-corrected chi connectivity index (χ2v) is 4.76. The van der Waals surface area contributed by atoms with Crippen molar-refractivity contribution in [2.75, 3.05) is 24.7 Å². The Balaban J connectivity index is 2.59. The third-order valence-corrected chi connectivity index (χ3v) is 2.75. The first-order chi connectivity index (χ1) is 8.54. The molecule has 3 N–H and O–H groups in total. The molecule has 0 amide bonds. The predicted molar refractivity (Wildman–Crippen MR) is 74.8 cm³/mol. The van der Waals surface area contributed by atoms with Crippen molar-refractivity contribution in [1.82, 2.24) is 0 Å². The summed E-state index contributed by atoms with van der Waals surface area (Å²) < 4.78 is 4.68. The van der Waals surface area contributed by atoms with Crippen LogP contribution in [0.25, 0.3) is 0 Å². The first-order valence-corrected chi connectivity index (χ1v) is 6.26. The molecule has 0 aliphatic heterocycles. The van der Waals surface area contributed by atoms with E-state index in [2.05, 4.69) is 23.9 Å². The molecule has 0 unspecified atom stereocenters. The lowest BCUT2D eigenvalue weighted by Gasteiger charge is -2.10. The molecule has 4 nitrogen and oxygen atoms in total. The summed E-state index contributed by atoms with van der Waals surface area (Å²) in [6.07, 6.45) is 2.29. The molecule has 4 heteroatoms. The van der Waals surface area contributed by atoms with Gasteiger partial charge in [0.2, 0.25) is 0 Å². The zero-order valence-corrected chi connectivity index (χ0v) is 11.3. The molecule has 1 rings (SSSR count). The van der Waals surface area contributed by atoms with Gasteiger partial charge in [0, 0.05) is 17.9 Å². The molecule has 18 heavy (non-hydrogen) atoms. The van der Waals surface area contributed by atoms with Crippen LogP contribution in [-0.4, -0.2) is 19.6 Å². The number of methoxy groups -OCH3 is 1. The lowest BCUT2D eigenvalue weighted by Crippen LogP contribution is -2.08. The van der Waals surface area contributed by atoms with Crippen LogP contribution in [0.3, 0.4) is 0 Å². The lowest BCUT2D eigenvalue weighted by molar-refractivity contribution is 0.0602. The zero-order valence-electron chi connectivity index (χ0n) is 11.3. The van der Waals surface area contributed by atoms with E-state index in [9.17, 15) is 4.79 Å². The lowest BCUT2D eigenvalue weighted by atomic mass is 10.1. The summed E-state index contributed by atoms with van der Waals surface area (Å²) >= 11 is 0. The van der Waals surface area contributed by atoms with Crippen LogP contribution in [0.2, 0.25) is 0 Å². The number of rotatable bonds is 6. The summed E-state index contributed by atoms with van der Waals surface area (Å²) in [5.74, 6) is 0.308. The largest absolute Gasteiger partial charge is 0.465 e. The average molecular weight is 250 g/mol. The van der Waals surface area contributed by atoms with E-state index in [4.69, 9.17) is 5.73 Å². The molecule has 0 atom stereocenters. The number of hydrogen-bond donors (Lipinski definition) is 2. The maximum absolute atomic E-state index is 11.5. The van der Waals surface area contributed by atoms with Crippen LogP contribution in [-0.2, 0) is 4.74 Å². The molecule has 100 valence electrons. The fourth-order valence-corrected chi connectivity index (χ4v) is 1.70. The van der Waals surface area contributed by atoms with E-state index in [-0.39, 0.29) is 0 Å². The Morgan fingerprint density at radius 3 is 2.78 bits per heavy atom. The van der Waals surface area contributed by atoms with Gasteiger partial charge in [-0.1, -0.05) is 13.8 Å². The number of nitrogens with two attached hydrogens (primary N) is 1. The number of nitrogens with one attached hydrogen (secondary N) is 1. The highest BCUT2D eigenvalue weighted by molar-refractivity contribution is 5.96. The molecule has 0 fully saturated rings. The van der Waals surface area contributed by atoms with Crippen molar-refractivity contribution in [1.29, 1.82) is 0 Å². The van der Waals surface area contributed by atoms with Gasteiger partial charge in [0.15, 0.2) is 0 Å². The van der Waals surface area contributed by atoms with E-state index in [1.165, 1.54) is 13.5 Å². The first kappa shape index (κ1) is 14.4. The number of carbonyl (C=O) groups is 1. The van der Waals surface area contributed by atoms with Crippen LogP contribution >= 0.6 is 0 Å². The topological polar surface area (TPSA) is 64.3 Å². The standard InChI is InChI=1S/C14H22N2O2/c1-10(2)5-4-8-16-11-6-7-13(15)12(9-11)14(17)18-3/h6-7,9-10,16H,4-5,8,15H2,1-3H3. The van der Waals surface area contributed by atoms with Crippen molar-refractivity contribution < 1.29 is 9.53 Å². The SMILES string of the molecule is COC(=O)c1cc(NCCCC(C)C)ccc1N. The third kappa shape index (κ3) is 4.28. The number of ether oxygens (including phenoxy) is 1. The van der Waals surface area contributed by atoms with E-state index >= 15 is 0 Å². The summed E-state index contributed by atoms with van der Waals surface area (Å²) in [6.45, 7) is 5.31. The van der Waals surface area contributed by atoms with Gasteiger partial charge in [-0.05, 0) is 37.0 Å². The van der Waals surface area contributed by atoms with E-state index in [0.717, 1.165) is 18.7 Å². The summed E-state index contributed by atoms with van der Waals surface area (Å²) in [5.41, 5.74) is 7.48. The van der Waals surface area contributed by atoms with Gasteiger partial charge in [0.25, 0.3) is 0 Å². The van der Waals surface area contributed by atoms with Crippen molar-refractivity contribution in [2.24, 2.45) is 5.92 Å². The smallest absolute Gasteiger partial charge is 0.340 e. The molecule has 0 aliphatic rings. The highest BCUT2D eigenvalue weighted by Crippen LogP contribution is 2.19. The molecule has 1 aromatic carbocycles. The Morgan fingerprint density at radius 1 is 1.44 bits per heavy atom. The monoisotopic (exact) mass is 250 g/mol. The van der Waals surface area contributed by atoms with Gasteiger partial charge in [-0.3, -0.25) is 0 Å². The molecule has 0 bridgehead atoms. The van der Waals surface area contributed by atoms with E-state index in [0.29, 0.717) is 17.2 Å².